The van der Waals surface area contributed by atoms with Crippen LogP contribution in [0.1, 0.15) is 52.1 Å². The van der Waals surface area contributed by atoms with E-state index >= 15 is 0 Å². The van der Waals surface area contributed by atoms with Crippen molar-refractivity contribution in [3.8, 4) is 5.75 Å². The zero-order valence-electron chi connectivity index (χ0n) is 18.5. The molecule has 4 rings (SSSR count). The second kappa shape index (κ2) is 10.2. The fraction of sp³-hybridized carbons (Fsp3) is 0.240. The Bertz CT molecular complexity index is 1310. The second-order valence-electron chi connectivity index (χ2n) is 7.82. The Morgan fingerprint density at radius 3 is 2.57 bits per heavy atom. The monoisotopic (exact) mass is 550 g/mol. The molecule has 182 valence electrons. The molecule has 1 aliphatic rings. The molecule has 0 unspecified atom stereocenters. The minimum Gasteiger partial charge on any atom is -0.488 e. The highest BCUT2D eigenvalue weighted by Crippen LogP contribution is 2.44. The molecule has 0 saturated carbocycles. The molecule has 2 aromatic carbocycles. The van der Waals surface area contributed by atoms with Crippen molar-refractivity contribution < 1.29 is 31.8 Å². The number of rotatable bonds is 6. The van der Waals surface area contributed by atoms with Gasteiger partial charge in [0.25, 0.3) is 0 Å². The van der Waals surface area contributed by atoms with E-state index in [4.69, 9.17) is 9.47 Å². The molecule has 0 radical (unpaired) electrons. The number of carbonyl (C=O) groups excluding carboxylic acids is 1. The Hall–Kier alpha value is -3.27. The van der Waals surface area contributed by atoms with Gasteiger partial charge in [0.05, 0.1) is 30.8 Å². The minimum absolute atomic E-state index is 0.00465. The molecule has 0 N–H and O–H groups in total. The quantitative estimate of drug-likeness (QED) is 0.248. The van der Waals surface area contributed by atoms with Crippen LogP contribution in [-0.2, 0) is 17.5 Å². The van der Waals surface area contributed by atoms with Gasteiger partial charge >= 0.3 is 12.1 Å². The Labute approximate surface area is 206 Å². The third-order valence-corrected chi connectivity index (χ3v) is 6.08. The first kappa shape index (κ1) is 24.8. The summed E-state index contributed by atoms with van der Waals surface area (Å²) in [5, 5.41) is 0. The molecular weight excluding hydrogens is 532 g/mol. The number of benzene rings is 2. The van der Waals surface area contributed by atoms with Crippen molar-refractivity contribution in [2.24, 2.45) is 0 Å². The molecule has 0 amide bonds. The van der Waals surface area contributed by atoms with Crippen LogP contribution in [-0.4, -0.2) is 23.0 Å². The van der Waals surface area contributed by atoms with Crippen LogP contribution in [0.15, 0.2) is 53.3 Å². The number of ether oxygens (including phenoxy) is 2. The van der Waals surface area contributed by atoms with Crippen LogP contribution in [0.3, 0.4) is 0 Å². The largest absolute Gasteiger partial charge is 0.488 e. The zero-order chi connectivity index (χ0) is 25.2. The number of allylic oxidation sites excluding steroid dienone is 2. The molecule has 3 aromatic rings. The van der Waals surface area contributed by atoms with E-state index in [1.807, 2.05) is 0 Å². The number of alkyl halides is 3. The fourth-order valence-corrected chi connectivity index (χ4v) is 4.23. The highest BCUT2D eigenvalue weighted by molar-refractivity contribution is 9.10. The highest BCUT2D eigenvalue weighted by Gasteiger charge is 2.32. The van der Waals surface area contributed by atoms with Crippen molar-refractivity contribution in [2.45, 2.75) is 32.0 Å². The molecule has 10 heteroatoms. The minimum atomic E-state index is -4.56. The summed E-state index contributed by atoms with van der Waals surface area (Å²) in [6, 6.07) is 7.69. The van der Waals surface area contributed by atoms with Gasteiger partial charge in [-0.3, -0.25) is 4.98 Å². The molecule has 1 aromatic heterocycles. The predicted octanol–water partition coefficient (Wildman–Crippen LogP) is 6.86. The van der Waals surface area contributed by atoms with Crippen LogP contribution in [0.2, 0.25) is 0 Å². The van der Waals surface area contributed by atoms with E-state index in [-0.39, 0.29) is 29.2 Å². The van der Waals surface area contributed by atoms with Gasteiger partial charge in [0, 0.05) is 15.6 Å². The summed E-state index contributed by atoms with van der Waals surface area (Å²) in [5.41, 5.74) is 1.33. The van der Waals surface area contributed by atoms with Crippen LogP contribution in [0.4, 0.5) is 17.6 Å². The zero-order valence-corrected chi connectivity index (χ0v) is 20.0. The molecule has 1 heterocycles. The van der Waals surface area contributed by atoms with E-state index in [1.165, 1.54) is 37.7 Å². The van der Waals surface area contributed by atoms with E-state index in [9.17, 15) is 22.4 Å². The second-order valence-corrected chi connectivity index (χ2v) is 8.74. The molecule has 0 bridgehead atoms. The number of carbonyl (C=O) groups is 1. The highest BCUT2D eigenvalue weighted by atomic mass is 79.9. The van der Waals surface area contributed by atoms with Gasteiger partial charge in [-0.25, -0.2) is 14.2 Å². The maximum atomic E-state index is 14.3. The molecule has 35 heavy (non-hydrogen) atoms. The summed E-state index contributed by atoms with van der Waals surface area (Å²) in [7, 11) is 1.22. The van der Waals surface area contributed by atoms with Crippen LogP contribution in [0.5, 0.6) is 5.75 Å². The third-order valence-electron chi connectivity index (χ3n) is 5.59. The van der Waals surface area contributed by atoms with Gasteiger partial charge in [-0.05, 0) is 60.7 Å². The average molecular weight is 551 g/mol. The van der Waals surface area contributed by atoms with Crippen LogP contribution < -0.4 is 4.74 Å². The maximum Gasteiger partial charge on any atom is 0.416 e. The van der Waals surface area contributed by atoms with Gasteiger partial charge in [-0.15, -0.1) is 0 Å². The van der Waals surface area contributed by atoms with E-state index in [1.54, 1.807) is 6.07 Å². The van der Waals surface area contributed by atoms with Crippen molar-refractivity contribution in [2.75, 3.05) is 7.11 Å². The summed E-state index contributed by atoms with van der Waals surface area (Å²) in [6.07, 6.45) is -0.162. The van der Waals surface area contributed by atoms with Gasteiger partial charge in [0.1, 0.15) is 18.2 Å². The van der Waals surface area contributed by atoms with Crippen molar-refractivity contribution in [1.29, 1.82) is 0 Å². The number of nitrogens with zero attached hydrogens (tertiary/aromatic N) is 2. The number of methoxy groups -OCH3 is 1. The Kier molecular flexibility index (Phi) is 7.20. The number of hydrogen-bond acceptors (Lipinski definition) is 5. The lowest BCUT2D eigenvalue weighted by molar-refractivity contribution is -0.137. The van der Waals surface area contributed by atoms with Gasteiger partial charge in [0.2, 0.25) is 0 Å². The summed E-state index contributed by atoms with van der Waals surface area (Å²) in [6.45, 7) is -0.169. The lowest BCUT2D eigenvalue weighted by Crippen LogP contribution is -2.08. The average Bonchev–Trinajstić information content (AvgIpc) is 3.32. The Morgan fingerprint density at radius 1 is 1.09 bits per heavy atom. The predicted molar refractivity (Wildman–Crippen MR) is 124 cm³/mol. The Balaban J connectivity index is 1.78. The van der Waals surface area contributed by atoms with Crippen molar-refractivity contribution >= 4 is 33.0 Å². The summed E-state index contributed by atoms with van der Waals surface area (Å²) >= 11 is 3.19. The van der Waals surface area contributed by atoms with E-state index in [0.717, 1.165) is 12.1 Å². The fourth-order valence-electron chi connectivity index (χ4n) is 3.90. The van der Waals surface area contributed by atoms with Gasteiger partial charge in [-0.1, -0.05) is 22.0 Å². The van der Waals surface area contributed by atoms with Crippen molar-refractivity contribution in [3.63, 3.8) is 0 Å². The maximum absolute atomic E-state index is 14.3. The normalized spacial score (nSPS) is 13.8. The number of halogens is 5. The number of aromatic nitrogens is 2. The topological polar surface area (TPSA) is 61.3 Å². The van der Waals surface area contributed by atoms with Crippen molar-refractivity contribution in [3.05, 3.63) is 87.2 Å². The molecular formula is C25H19BrF4N2O3. The molecule has 0 atom stereocenters. The molecule has 0 aliphatic heterocycles. The van der Waals surface area contributed by atoms with Crippen molar-refractivity contribution in [1.82, 2.24) is 9.97 Å². The Morgan fingerprint density at radius 2 is 1.86 bits per heavy atom. The molecule has 1 aliphatic carbocycles. The first-order valence-electron chi connectivity index (χ1n) is 10.6. The van der Waals surface area contributed by atoms with E-state index < -0.39 is 23.5 Å². The summed E-state index contributed by atoms with van der Waals surface area (Å²) in [5.74, 6) is -0.977. The van der Waals surface area contributed by atoms with Crippen LogP contribution in [0.25, 0.3) is 11.1 Å². The van der Waals surface area contributed by atoms with Gasteiger partial charge in [0.15, 0.2) is 5.69 Å². The van der Waals surface area contributed by atoms with E-state index in [0.29, 0.717) is 40.6 Å². The third kappa shape index (κ3) is 5.53. The lowest BCUT2D eigenvalue weighted by Gasteiger charge is -2.17. The first-order chi connectivity index (χ1) is 16.7. The molecule has 5 nitrogen and oxygen atoms in total. The first-order valence-corrected chi connectivity index (χ1v) is 11.4. The smallest absolute Gasteiger partial charge is 0.416 e. The van der Waals surface area contributed by atoms with Crippen LogP contribution in [0, 0.1) is 5.82 Å². The summed E-state index contributed by atoms with van der Waals surface area (Å²) in [4.78, 5) is 20.2. The van der Waals surface area contributed by atoms with Gasteiger partial charge < -0.3 is 9.47 Å². The number of esters is 1. The lowest BCUT2D eigenvalue weighted by atomic mass is 9.97. The van der Waals surface area contributed by atoms with Crippen LogP contribution >= 0.6 is 15.9 Å². The van der Waals surface area contributed by atoms with Gasteiger partial charge in [-0.2, -0.15) is 13.2 Å². The molecule has 0 fully saturated rings. The SMILES string of the molecule is COC(=O)c1cncc(C2=C(c3cc(C(F)(F)F)ccc3OCc3ccc(Br)cc3F)CCC2)n1. The molecule has 0 saturated heterocycles. The molecule has 0 spiro atoms. The standard InChI is InChI=1S/C25H19BrF4N2O3/c1-34-24(33)22-12-31-11-21(32-22)18-4-2-3-17(18)19-9-15(25(28,29)30)6-8-23(19)35-13-14-5-7-16(26)10-20(14)27/h5-12H,2-4,13H2,1H3. The van der Waals surface area contributed by atoms with E-state index in [2.05, 4.69) is 25.9 Å². The summed E-state index contributed by atoms with van der Waals surface area (Å²) < 4.78 is 66.0. The number of hydrogen-bond donors (Lipinski definition) is 0.